The van der Waals surface area contributed by atoms with Crippen LogP contribution >= 0.6 is 0 Å². The standard InChI is InChI=1S/C18H20N4O2/c19-8-2-5-16(21)17-7-6-15(11-22-17)24-12-13-3-1-4-14(9-13)18(23)10-20/h1,3-9,11,19H,2,10,12,20-21H2/b16-5-,19-8?. The molecule has 0 saturated heterocycles. The minimum Gasteiger partial charge on any atom is -0.487 e. The van der Waals surface area contributed by atoms with Gasteiger partial charge in [-0.25, -0.2) is 0 Å². The Morgan fingerprint density at radius 1 is 1.29 bits per heavy atom. The summed E-state index contributed by atoms with van der Waals surface area (Å²) in [5, 5.41) is 6.99. The van der Waals surface area contributed by atoms with Crippen LogP contribution in [0.4, 0.5) is 0 Å². The molecule has 0 spiro atoms. The van der Waals surface area contributed by atoms with Gasteiger partial charge in [-0.05, 0) is 30.0 Å². The molecular formula is C18H20N4O2. The van der Waals surface area contributed by atoms with Gasteiger partial charge in [0.1, 0.15) is 12.4 Å². The van der Waals surface area contributed by atoms with Crippen LogP contribution in [0.3, 0.4) is 0 Å². The molecule has 6 nitrogen and oxygen atoms in total. The number of ketones is 1. The number of aromatic nitrogens is 1. The van der Waals surface area contributed by atoms with Crippen molar-refractivity contribution in [1.82, 2.24) is 4.98 Å². The van der Waals surface area contributed by atoms with Gasteiger partial charge in [0.2, 0.25) is 0 Å². The molecule has 24 heavy (non-hydrogen) atoms. The molecule has 1 aromatic carbocycles. The Kier molecular flexibility index (Phi) is 6.22. The first kappa shape index (κ1) is 17.4. The molecule has 0 bridgehead atoms. The van der Waals surface area contributed by atoms with Crippen LogP contribution in [-0.4, -0.2) is 23.5 Å². The van der Waals surface area contributed by atoms with Crippen LogP contribution in [0.2, 0.25) is 0 Å². The number of rotatable bonds is 8. The SMILES string of the molecule is N=CC/C=C(\N)c1ccc(OCc2cccc(C(=O)CN)c2)cn1. The summed E-state index contributed by atoms with van der Waals surface area (Å²) in [4.78, 5) is 15.8. The fraction of sp³-hybridized carbons (Fsp3) is 0.167. The van der Waals surface area contributed by atoms with E-state index in [0.29, 0.717) is 35.7 Å². The van der Waals surface area contributed by atoms with Crippen LogP contribution < -0.4 is 16.2 Å². The average Bonchev–Trinajstić information content (AvgIpc) is 2.64. The summed E-state index contributed by atoms with van der Waals surface area (Å²) in [5.74, 6) is 0.504. The topological polar surface area (TPSA) is 115 Å². The van der Waals surface area contributed by atoms with E-state index in [2.05, 4.69) is 4.98 Å². The predicted molar refractivity (Wildman–Crippen MR) is 94.0 cm³/mol. The molecule has 6 heteroatoms. The summed E-state index contributed by atoms with van der Waals surface area (Å²) in [6, 6.07) is 10.7. The van der Waals surface area contributed by atoms with Crippen molar-refractivity contribution in [1.29, 1.82) is 5.41 Å². The molecule has 0 aliphatic heterocycles. The molecule has 0 radical (unpaired) electrons. The zero-order chi connectivity index (χ0) is 17.4. The maximum atomic E-state index is 11.6. The summed E-state index contributed by atoms with van der Waals surface area (Å²) < 4.78 is 5.67. The van der Waals surface area contributed by atoms with Crippen LogP contribution in [-0.2, 0) is 6.61 Å². The van der Waals surface area contributed by atoms with Crippen molar-refractivity contribution in [2.24, 2.45) is 11.5 Å². The van der Waals surface area contributed by atoms with Crippen LogP contribution in [0.15, 0.2) is 48.7 Å². The highest BCUT2D eigenvalue weighted by Gasteiger charge is 2.05. The van der Waals surface area contributed by atoms with E-state index in [1.54, 1.807) is 42.6 Å². The first-order valence-electron chi connectivity index (χ1n) is 7.50. The Balaban J connectivity index is 2.00. The van der Waals surface area contributed by atoms with Crippen molar-refractivity contribution in [3.8, 4) is 5.75 Å². The lowest BCUT2D eigenvalue weighted by Crippen LogP contribution is -2.13. The molecule has 0 atom stereocenters. The Labute approximate surface area is 140 Å². The van der Waals surface area contributed by atoms with Crippen LogP contribution in [0.1, 0.15) is 28.0 Å². The fourth-order valence-electron chi connectivity index (χ4n) is 2.05. The van der Waals surface area contributed by atoms with E-state index in [9.17, 15) is 4.79 Å². The van der Waals surface area contributed by atoms with Gasteiger partial charge in [-0.2, -0.15) is 0 Å². The lowest BCUT2D eigenvalue weighted by atomic mass is 10.1. The van der Waals surface area contributed by atoms with Crippen molar-refractivity contribution in [2.45, 2.75) is 13.0 Å². The summed E-state index contributed by atoms with van der Waals surface area (Å²) in [5.41, 5.74) is 13.9. The van der Waals surface area contributed by atoms with Gasteiger partial charge >= 0.3 is 0 Å². The van der Waals surface area contributed by atoms with Crippen molar-refractivity contribution < 1.29 is 9.53 Å². The third kappa shape index (κ3) is 4.76. The molecule has 0 amide bonds. The third-order valence-corrected chi connectivity index (χ3v) is 3.33. The number of hydrogen-bond donors (Lipinski definition) is 3. The van der Waals surface area contributed by atoms with Crippen molar-refractivity contribution in [3.05, 3.63) is 65.5 Å². The highest BCUT2D eigenvalue weighted by Crippen LogP contribution is 2.15. The van der Waals surface area contributed by atoms with Gasteiger partial charge in [0.25, 0.3) is 0 Å². The van der Waals surface area contributed by atoms with Crippen LogP contribution in [0, 0.1) is 5.41 Å². The number of carbonyl (C=O) groups is 1. The number of pyridine rings is 1. The van der Waals surface area contributed by atoms with E-state index in [0.717, 1.165) is 5.56 Å². The quantitative estimate of drug-likeness (QED) is 0.508. The van der Waals surface area contributed by atoms with Crippen LogP contribution in [0.5, 0.6) is 5.75 Å². The predicted octanol–water partition coefficient (Wildman–Crippen LogP) is 2.14. The summed E-state index contributed by atoms with van der Waals surface area (Å²) >= 11 is 0. The molecule has 2 aromatic rings. The van der Waals surface area contributed by atoms with E-state index >= 15 is 0 Å². The summed E-state index contributed by atoms with van der Waals surface area (Å²) in [7, 11) is 0. The highest BCUT2D eigenvalue weighted by molar-refractivity contribution is 5.97. The third-order valence-electron chi connectivity index (χ3n) is 3.33. The largest absolute Gasteiger partial charge is 0.487 e. The number of nitrogens with one attached hydrogen (secondary N) is 1. The molecule has 0 aliphatic carbocycles. The Bertz CT molecular complexity index is 739. The molecule has 124 valence electrons. The van der Waals surface area contributed by atoms with Gasteiger partial charge in [-0.15, -0.1) is 0 Å². The molecule has 0 fully saturated rings. The second kappa shape index (κ2) is 8.59. The Morgan fingerprint density at radius 2 is 2.12 bits per heavy atom. The van der Waals surface area contributed by atoms with E-state index in [-0.39, 0.29) is 12.3 Å². The van der Waals surface area contributed by atoms with E-state index in [1.807, 2.05) is 6.07 Å². The van der Waals surface area contributed by atoms with E-state index in [1.165, 1.54) is 6.21 Å². The number of hydrogen-bond acceptors (Lipinski definition) is 6. The van der Waals surface area contributed by atoms with Crippen molar-refractivity contribution >= 4 is 17.7 Å². The number of allylic oxidation sites excluding steroid dienone is 1. The normalized spacial score (nSPS) is 11.1. The average molecular weight is 324 g/mol. The number of nitrogens with zero attached hydrogens (tertiary/aromatic N) is 1. The summed E-state index contributed by atoms with van der Waals surface area (Å²) in [6.45, 7) is 0.314. The molecule has 0 unspecified atom stereocenters. The maximum Gasteiger partial charge on any atom is 0.176 e. The van der Waals surface area contributed by atoms with Gasteiger partial charge in [-0.1, -0.05) is 24.3 Å². The molecule has 0 aliphatic rings. The minimum absolute atomic E-state index is 0.0113. The van der Waals surface area contributed by atoms with Gasteiger partial charge < -0.3 is 21.6 Å². The van der Waals surface area contributed by atoms with Crippen molar-refractivity contribution in [2.75, 3.05) is 6.54 Å². The first-order valence-corrected chi connectivity index (χ1v) is 7.50. The van der Waals surface area contributed by atoms with E-state index < -0.39 is 0 Å². The number of benzene rings is 1. The second-order valence-electron chi connectivity index (χ2n) is 5.09. The minimum atomic E-state index is -0.102. The van der Waals surface area contributed by atoms with Gasteiger partial charge in [0.15, 0.2) is 5.78 Å². The number of ether oxygens (including phenoxy) is 1. The molecule has 1 heterocycles. The molecule has 5 N–H and O–H groups in total. The molecule has 2 rings (SSSR count). The van der Waals surface area contributed by atoms with Crippen LogP contribution in [0.25, 0.3) is 5.70 Å². The zero-order valence-corrected chi connectivity index (χ0v) is 13.2. The van der Waals surface area contributed by atoms with Gasteiger partial charge in [0, 0.05) is 12.0 Å². The number of Topliss-reactive ketones (excluding diaryl/α,β-unsaturated/α-hetero) is 1. The fourth-order valence-corrected chi connectivity index (χ4v) is 2.05. The van der Waals surface area contributed by atoms with Crippen molar-refractivity contribution in [3.63, 3.8) is 0 Å². The Hall–Kier alpha value is -2.99. The van der Waals surface area contributed by atoms with E-state index in [4.69, 9.17) is 21.6 Å². The first-order chi connectivity index (χ1) is 11.6. The molecular weight excluding hydrogens is 304 g/mol. The van der Waals surface area contributed by atoms with Gasteiger partial charge in [0.05, 0.1) is 24.1 Å². The molecule has 1 aromatic heterocycles. The summed E-state index contributed by atoms with van der Waals surface area (Å²) in [6.07, 6.45) is 5.07. The Morgan fingerprint density at radius 3 is 2.79 bits per heavy atom. The number of carbonyl (C=O) groups excluding carboxylic acids is 1. The molecule has 0 saturated carbocycles. The number of nitrogens with two attached hydrogens (primary N) is 2. The lowest BCUT2D eigenvalue weighted by Gasteiger charge is -2.08. The van der Waals surface area contributed by atoms with Gasteiger partial charge in [-0.3, -0.25) is 9.78 Å². The monoisotopic (exact) mass is 324 g/mol. The lowest BCUT2D eigenvalue weighted by molar-refractivity contribution is 0.100. The second-order valence-corrected chi connectivity index (χ2v) is 5.09. The maximum absolute atomic E-state index is 11.6. The smallest absolute Gasteiger partial charge is 0.176 e. The zero-order valence-electron chi connectivity index (χ0n) is 13.2. The highest BCUT2D eigenvalue weighted by atomic mass is 16.5.